The van der Waals surface area contributed by atoms with Crippen LogP contribution in [0.25, 0.3) is 11.4 Å². The molecule has 1 aromatic heterocycles. The van der Waals surface area contributed by atoms with Crippen molar-refractivity contribution in [2.75, 3.05) is 7.11 Å². The SMILES string of the molecule is COc1cccc(F)c1-c1nnc2n1CC(C(=O)O)CC2. The molecule has 0 fully saturated rings. The Kier molecular flexibility index (Phi) is 3.32. The van der Waals surface area contributed by atoms with E-state index in [4.69, 9.17) is 9.84 Å². The van der Waals surface area contributed by atoms with Gasteiger partial charge in [0.15, 0.2) is 5.82 Å². The Morgan fingerprint density at radius 3 is 3.00 bits per heavy atom. The lowest BCUT2D eigenvalue weighted by Gasteiger charge is -2.21. The van der Waals surface area contributed by atoms with Crippen molar-refractivity contribution in [1.82, 2.24) is 14.8 Å². The fraction of sp³-hybridized carbons (Fsp3) is 0.357. The highest BCUT2D eigenvalue weighted by atomic mass is 19.1. The molecule has 21 heavy (non-hydrogen) atoms. The summed E-state index contributed by atoms with van der Waals surface area (Å²) in [5.74, 6) is -0.505. The van der Waals surface area contributed by atoms with Crippen LogP contribution in [0.15, 0.2) is 18.2 Å². The summed E-state index contributed by atoms with van der Waals surface area (Å²) in [7, 11) is 1.45. The second-order valence-corrected chi connectivity index (χ2v) is 4.94. The van der Waals surface area contributed by atoms with E-state index in [0.717, 1.165) is 0 Å². The average Bonchev–Trinajstić information content (AvgIpc) is 2.89. The van der Waals surface area contributed by atoms with E-state index in [9.17, 15) is 9.18 Å². The number of hydrogen-bond donors (Lipinski definition) is 1. The van der Waals surface area contributed by atoms with Gasteiger partial charge in [-0.3, -0.25) is 4.79 Å². The molecule has 0 spiro atoms. The second kappa shape index (κ2) is 5.16. The van der Waals surface area contributed by atoms with Gasteiger partial charge in [0.2, 0.25) is 0 Å². The third kappa shape index (κ3) is 2.24. The molecule has 0 saturated heterocycles. The van der Waals surface area contributed by atoms with Gasteiger partial charge in [0, 0.05) is 13.0 Å². The summed E-state index contributed by atoms with van der Waals surface area (Å²) < 4.78 is 21.0. The summed E-state index contributed by atoms with van der Waals surface area (Å²) in [4.78, 5) is 11.2. The number of carbonyl (C=O) groups is 1. The highest BCUT2D eigenvalue weighted by Gasteiger charge is 2.29. The van der Waals surface area contributed by atoms with Crippen LogP contribution in [0.1, 0.15) is 12.2 Å². The molecule has 7 heteroatoms. The lowest BCUT2D eigenvalue weighted by Crippen LogP contribution is -2.27. The van der Waals surface area contributed by atoms with Gasteiger partial charge in [0.25, 0.3) is 0 Å². The molecule has 0 aliphatic carbocycles. The van der Waals surface area contributed by atoms with Crippen molar-refractivity contribution < 1.29 is 19.0 Å². The Balaban J connectivity index is 2.10. The van der Waals surface area contributed by atoms with Gasteiger partial charge >= 0.3 is 5.97 Å². The molecular formula is C14H14FN3O3. The Hall–Kier alpha value is -2.44. The number of aryl methyl sites for hydroxylation is 1. The molecule has 110 valence electrons. The van der Waals surface area contributed by atoms with Crippen LogP contribution in [0, 0.1) is 11.7 Å². The van der Waals surface area contributed by atoms with Crippen molar-refractivity contribution in [3.05, 3.63) is 29.8 Å². The third-order valence-corrected chi connectivity index (χ3v) is 3.71. The largest absolute Gasteiger partial charge is 0.496 e. The molecule has 3 rings (SSSR count). The van der Waals surface area contributed by atoms with E-state index < -0.39 is 17.7 Å². The zero-order valence-electron chi connectivity index (χ0n) is 11.4. The van der Waals surface area contributed by atoms with E-state index in [2.05, 4.69) is 10.2 Å². The van der Waals surface area contributed by atoms with Gasteiger partial charge in [0.05, 0.1) is 18.6 Å². The van der Waals surface area contributed by atoms with Crippen LogP contribution in [0.3, 0.4) is 0 Å². The summed E-state index contributed by atoms with van der Waals surface area (Å²) in [5, 5.41) is 17.2. The standard InChI is InChI=1S/C14H14FN3O3/c1-21-10-4-2-3-9(15)12(10)13-17-16-11-6-5-8(14(19)20)7-18(11)13/h2-4,8H,5-7H2,1H3,(H,19,20). The van der Waals surface area contributed by atoms with Crippen LogP contribution >= 0.6 is 0 Å². The molecule has 0 saturated carbocycles. The second-order valence-electron chi connectivity index (χ2n) is 4.94. The third-order valence-electron chi connectivity index (χ3n) is 3.71. The molecule has 1 aromatic carbocycles. The first kappa shape index (κ1) is 13.5. The normalized spacial score (nSPS) is 17.3. The zero-order chi connectivity index (χ0) is 15.0. The lowest BCUT2D eigenvalue weighted by atomic mass is 9.99. The molecule has 1 N–H and O–H groups in total. The van der Waals surface area contributed by atoms with E-state index in [0.29, 0.717) is 30.2 Å². The number of methoxy groups -OCH3 is 1. The summed E-state index contributed by atoms with van der Waals surface area (Å²) in [6.45, 7) is 0.241. The number of carboxylic acids is 1. The van der Waals surface area contributed by atoms with Crippen LogP contribution < -0.4 is 4.74 Å². The number of benzene rings is 1. The number of carboxylic acid groups (broad SMARTS) is 1. The first-order valence-electron chi connectivity index (χ1n) is 6.59. The fourth-order valence-corrected chi connectivity index (χ4v) is 2.61. The van der Waals surface area contributed by atoms with Crippen molar-refractivity contribution in [3.8, 4) is 17.1 Å². The minimum atomic E-state index is -0.860. The van der Waals surface area contributed by atoms with Crippen LogP contribution in [0.2, 0.25) is 0 Å². The van der Waals surface area contributed by atoms with E-state index >= 15 is 0 Å². The topological polar surface area (TPSA) is 77.2 Å². The molecule has 1 aliphatic rings. The highest BCUT2D eigenvalue weighted by Crippen LogP contribution is 2.33. The molecule has 6 nitrogen and oxygen atoms in total. The number of nitrogens with zero attached hydrogens (tertiary/aromatic N) is 3. The van der Waals surface area contributed by atoms with Gasteiger partial charge in [-0.05, 0) is 18.6 Å². The number of rotatable bonds is 3. The molecule has 0 bridgehead atoms. The Morgan fingerprint density at radius 1 is 1.48 bits per heavy atom. The van der Waals surface area contributed by atoms with Gasteiger partial charge in [-0.25, -0.2) is 4.39 Å². The van der Waals surface area contributed by atoms with Crippen LogP contribution in [-0.2, 0) is 17.8 Å². The first-order valence-corrected chi connectivity index (χ1v) is 6.59. The van der Waals surface area contributed by atoms with Gasteiger partial charge in [0.1, 0.15) is 17.4 Å². The number of ether oxygens (including phenoxy) is 1. The van der Waals surface area contributed by atoms with E-state index in [-0.39, 0.29) is 12.1 Å². The minimum Gasteiger partial charge on any atom is -0.496 e. The Bertz CT molecular complexity index is 699. The summed E-state index contributed by atoms with van der Waals surface area (Å²) in [6, 6.07) is 4.50. The molecule has 2 heterocycles. The maximum absolute atomic E-state index is 14.1. The van der Waals surface area contributed by atoms with E-state index in [1.54, 1.807) is 16.7 Å². The first-order chi connectivity index (χ1) is 10.1. The Morgan fingerprint density at radius 2 is 2.29 bits per heavy atom. The van der Waals surface area contributed by atoms with Crippen LogP contribution in [0.5, 0.6) is 5.75 Å². The summed E-state index contributed by atoms with van der Waals surface area (Å²) in [6.07, 6.45) is 1.03. The highest BCUT2D eigenvalue weighted by molar-refractivity contribution is 5.71. The average molecular weight is 291 g/mol. The van der Waals surface area contributed by atoms with Crippen molar-refractivity contribution in [2.45, 2.75) is 19.4 Å². The van der Waals surface area contributed by atoms with E-state index in [1.165, 1.54) is 13.2 Å². The number of fused-ring (bicyclic) bond motifs is 1. The van der Waals surface area contributed by atoms with Crippen molar-refractivity contribution in [3.63, 3.8) is 0 Å². The monoisotopic (exact) mass is 291 g/mol. The molecule has 2 aromatic rings. The molecule has 0 radical (unpaired) electrons. The van der Waals surface area contributed by atoms with Gasteiger partial charge < -0.3 is 14.4 Å². The quantitative estimate of drug-likeness (QED) is 0.932. The molecule has 1 atom stereocenters. The van der Waals surface area contributed by atoms with Gasteiger partial charge in [-0.15, -0.1) is 10.2 Å². The molecule has 0 amide bonds. The van der Waals surface area contributed by atoms with Crippen molar-refractivity contribution in [2.24, 2.45) is 5.92 Å². The Labute approximate surface area is 120 Å². The smallest absolute Gasteiger partial charge is 0.308 e. The summed E-state index contributed by atoms with van der Waals surface area (Å²) >= 11 is 0. The van der Waals surface area contributed by atoms with Crippen LogP contribution in [-0.4, -0.2) is 33.0 Å². The molecule has 1 aliphatic heterocycles. The van der Waals surface area contributed by atoms with E-state index in [1.807, 2.05) is 0 Å². The zero-order valence-corrected chi connectivity index (χ0v) is 11.4. The minimum absolute atomic E-state index is 0.213. The van der Waals surface area contributed by atoms with Crippen molar-refractivity contribution >= 4 is 5.97 Å². The molecular weight excluding hydrogens is 277 g/mol. The number of hydrogen-bond acceptors (Lipinski definition) is 4. The fourth-order valence-electron chi connectivity index (χ4n) is 2.61. The number of halogens is 1. The predicted molar refractivity (Wildman–Crippen MR) is 71.4 cm³/mol. The summed E-state index contributed by atoms with van der Waals surface area (Å²) in [5.41, 5.74) is 0.213. The maximum atomic E-state index is 14.1. The van der Waals surface area contributed by atoms with Crippen LogP contribution in [0.4, 0.5) is 4.39 Å². The predicted octanol–water partition coefficient (Wildman–Crippen LogP) is 1.74. The number of aromatic nitrogens is 3. The lowest BCUT2D eigenvalue weighted by molar-refractivity contribution is -0.142. The maximum Gasteiger partial charge on any atom is 0.308 e. The van der Waals surface area contributed by atoms with Crippen molar-refractivity contribution in [1.29, 1.82) is 0 Å². The van der Waals surface area contributed by atoms with Gasteiger partial charge in [-0.2, -0.15) is 0 Å². The van der Waals surface area contributed by atoms with Gasteiger partial charge in [-0.1, -0.05) is 6.07 Å². The molecule has 1 unspecified atom stereocenters. The number of aliphatic carboxylic acids is 1.